The van der Waals surface area contributed by atoms with Crippen molar-refractivity contribution < 1.29 is 4.42 Å². The number of hydrogen-bond donors (Lipinski definition) is 0. The van der Waals surface area contributed by atoms with Gasteiger partial charge in [0.2, 0.25) is 0 Å². The molecule has 0 spiro atoms. The Bertz CT molecular complexity index is 3130. The van der Waals surface area contributed by atoms with E-state index in [9.17, 15) is 0 Å². The number of nitrogens with zero attached hydrogens (tertiary/aromatic N) is 2. The van der Waals surface area contributed by atoms with Gasteiger partial charge in [-0.2, -0.15) is 0 Å². The number of hydrogen-bond acceptors (Lipinski definition) is 3. The first-order valence-electron chi connectivity index (χ1n) is 20.4. The van der Waals surface area contributed by atoms with Gasteiger partial charge in [0.05, 0.1) is 11.4 Å². The van der Waals surface area contributed by atoms with Crippen molar-refractivity contribution in [3.63, 3.8) is 0 Å². The average molecular weight is 755 g/mol. The normalized spacial score (nSPS) is 15.3. The second-order valence-electron chi connectivity index (χ2n) is 15.7. The number of rotatable bonds is 5. The van der Waals surface area contributed by atoms with Crippen LogP contribution < -0.4 is 9.80 Å². The molecule has 0 N–H and O–H groups in total. The molecule has 3 nitrogen and oxygen atoms in total. The first-order valence-corrected chi connectivity index (χ1v) is 20.4. The van der Waals surface area contributed by atoms with E-state index in [1.807, 2.05) is 6.07 Å². The van der Waals surface area contributed by atoms with Gasteiger partial charge in [-0.3, -0.25) is 0 Å². The summed E-state index contributed by atoms with van der Waals surface area (Å²) in [6.45, 7) is 0. The summed E-state index contributed by atoms with van der Waals surface area (Å²) in [6, 6.07) is 68.1. The number of anilines is 5. The number of furan rings is 1. The summed E-state index contributed by atoms with van der Waals surface area (Å²) < 4.78 is 6.46. The summed E-state index contributed by atoms with van der Waals surface area (Å²) >= 11 is 0. The van der Waals surface area contributed by atoms with E-state index >= 15 is 0 Å². The Morgan fingerprint density at radius 1 is 0.407 bits per heavy atom. The van der Waals surface area contributed by atoms with E-state index in [1.165, 1.54) is 61.6 Å². The minimum atomic E-state index is 0.281. The minimum Gasteiger partial charge on any atom is -0.456 e. The molecule has 0 fully saturated rings. The summed E-state index contributed by atoms with van der Waals surface area (Å²) in [6.07, 6.45) is 10.2. The van der Waals surface area contributed by atoms with Gasteiger partial charge in [-0.05, 0) is 124 Å². The molecule has 0 radical (unpaired) electrons. The molecule has 12 rings (SSSR count). The third-order valence-corrected chi connectivity index (χ3v) is 12.3. The van der Waals surface area contributed by atoms with Gasteiger partial charge >= 0.3 is 0 Å². The van der Waals surface area contributed by atoms with Crippen LogP contribution in [0, 0.1) is 0 Å². The van der Waals surface area contributed by atoms with E-state index in [1.54, 1.807) is 0 Å². The summed E-state index contributed by atoms with van der Waals surface area (Å²) in [5.74, 6) is 0.281. The lowest BCUT2D eigenvalue weighted by molar-refractivity contribution is 0.669. The molecular weight excluding hydrogens is 717 g/mol. The van der Waals surface area contributed by atoms with Crippen LogP contribution in [0.1, 0.15) is 34.6 Å². The SMILES string of the molecule is C1=Cc2cc3oc4ccccc4c3cc2N(c2cc(-c3ccccc3)cc(-c3ccccc3)c2)c2ccc(C3=CC=C4C(C3)c3ccccc3N4c3ccccc3)cc21. The Hall–Kier alpha value is -7.62. The van der Waals surface area contributed by atoms with Crippen molar-refractivity contribution in [3.05, 3.63) is 228 Å². The summed E-state index contributed by atoms with van der Waals surface area (Å²) in [5, 5.41) is 2.23. The fourth-order valence-corrected chi connectivity index (χ4v) is 9.51. The number of allylic oxidation sites excluding steroid dienone is 4. The maximum atomic E-state index is 6.46. The molecule has 0 bridgehead atoms. The van der Waals surface area contributed by atoms with Gasteiger partial charge in [0.25, 0.3) is 0 Å². The standard InChI is InChI=1S/C56H38N2O/c1-4-14-37(15-5-1)43-31-44(38-16-6-2-7-17-38)33-46(32-43)58-51-28-26-39(30-41(51)24-25-42-35-56-50(36-54(42)58)48-21-11-13-23-55(48)59-56)40-27-29-53-49(34-40)47-20-10-12-22-52(47)57(53)45-18-8-3-9-19-45/h1-33,35-36,49H,34H2. The van der Waals surface area contributed by atoms with Crippen LogP contribution in [-0.4, -0.2) is 0 Å². The predicted molar refractivity (Wildman–Crippen MR) is 247 cm³/mol. The van der Waals surface area contributed by atoms with Gasteiger partial charge < -0.3 is 14.2 Å². The van der Waals surface area contributed by atoms with E-state index in [2.05, 4.69) is 216 Å². The van der Waals surface area contributed by atoms with Crippen molar-refractivity contribution in [2.24, 2.45) is 0 Å². The molecule has 1 aromatic heterocycles. The molecule has 1 unspecified atom stereocenters. The van der Waals surface area contributed by atoms with Crippen molar-refractivity contribution in [2.75, 3.05) is 9.80 Å². The number of para-hydroxylation sites is 3. The highest BCUT2D eigenvalue weighted by Gasteiger charge is 2.36. The van der Waals surface area contributed by atoms with Crippen LogP contribution in [0.2, 0.25) is 0 Å². The molecule has 0 saturated heterocycles. The molecule has 3 aliphatic rings. The summed E-state index contributed by atoms with van der Waals surface area (Å²) in [7, 11) is 0. The summed E-state index contributed by atoms with van der Waals surface area (Å²) in [5.41, 5.74) is 19.9. The van der Waals surface area contributed by atoms with Gasteiger partial charge in [-0.25, -0.2) is 0 Å². The molecule has 59 heavy (non-hydrogen) atoms. The van der Waals surface area contributed by atoms with Gasteiger partial charge in [-0.1, -0.05) is 140 Å². The first kappa shape index (κ1) is 33.5. The highest BCUT2D eigenvalue weighted by molar-refractivity contribution is 6.09. The minimum absolute atomic E-state index is 0.281. The highest BCUT2D eigenvalue weighted by atomic mass is 16.3. The molecule has 3 heteroatoms. The Morgan fingerprint density at radius 3 is 1.83 bits per heavy atom. The van der Waals surface area contributed by atoms with E-state index < -0.39 is 0 Å². The Balaban J connectivity index is 1.03. The Labute approximate surface area is 343 Å². The van der Waals surface area contributed by atoms with Crippen LogP contribution in [0.25, 0.3) is 61.9 Å². The van der Waals surface area contributed by atoms with Crippen LogP contribution in [0.15, 0.2) is 210 Å². The lowest BCUT2D eigenvalue weighted by Crippen LogP contribution is -2.15. The second-order valence-corrected chi connectivity index (χ2v) is 15.7. The lowest BCUT2D eigenvalue weighted by atomic mass is 9.84. The zero-order chi connectivity index (χ0) is 38.9. The molecular formula is C56H38N2O. The van der Waals surface area contributed by atoms with Crippen molar-refractivity contribution in [1.82, 2.24) is 0 Å². The lowest BCUT2D eigenvalue weighted by Gasteiger charge is -2.29. The van der Waals surface area contributed by atoms with Crippen molar-refractivity contribution in [2.45, 2.75) is 12.3 Å². The van der Waals surface area contributed by atoms with Crippen molar-refractivity contribution in [1.29, 1.82) is 0 Å². The molecule has 0 saturated carbocycles. The summed E-state index contributed by atoms with van der Waals surface area (Å²) in [4.78, 5) is 4.90. The average Bonchev–Trinajstić information content (AvgIpc) is 3.78. The van der Waals surface area contributed by atoms with Crippen molar-refractivity contribution in [3.8, 4) is 22.3 Å². The molecule has 8 aromatic carbocycles. The van der Waals surface area contributed by atoms with Gasteiger partial charge in [0.15, 0.2) is 0 Å². The van der Waals surface area contributed by atoms with Crippen LogP contribution in [0.4, 0.5) is 28.4 Å². The van der Waals surface area contributed by atoms with Crippen LogP contribution >= 0.6 is 0 Å². The quantitative estimate of drug-likeness (QED) is 0.174. The number of benzene rings is 8. The van der Waals surface area contributed by atoms with Crippen LogP contribution in [0.3, 0.4) is 0 Å². The topological polar surface area (TPSA) is 19.6 Å². The largest absolute Gasteiger partial charge is 0.456 e. The molecule has 3 heterocycles. The van der Waals surface area contributed by atoms with Crippen LogP contribution in [0.5, 0.6) is 0 Å². The molecule has 1 atom stereocenters. The fourth-order valence-electron chi connectivity index (χ4n) is 9.51. The third kappa shape index (κ3) is 5.58. The monoisotopic (exact) mass is 754 g/mol. The predicted octanol–water partition coefficient (Wildman–Crippen LogP) is 15.5. The van der Waals surface area contributed by atoms with E-state index in [-0.39, 0.29) is 5.92 Å². The highest BCUT2D eigenvalue weighted by Crippen LogP contribution is 2.53. The Morgan fingerprint density at radius 2 is 1.07 bits per heavy atom. The molecule has 278 valence electrons. The zero-order valence-corrected chi connectivity index (χ0v) is 32.3. The molecule has 1 aliphatic carbocycles. The third-order valence-electron chi connectivity index (χ3n) is 12.3. The smallest absolute Gasteiger partial charge is 0.136 e. The van der Waals surface area contributed by atoms with E-state index in [0.717, 1.165) is 51.0 Å². The second kappa shape index (κ2) is 13.5. The van der Waals surface area contributed by atoms with Crippen LogP contribution in [-0.2, 0) is 0 Å². The van der Waals surface area contributed by atoms with Crippen molar-refractivity contribution >= 4 is 68.1 Å². The fraction of sp³-hybridized carbons (Fsp3) is 0.0357. The zero-order valence-electron chi connectivity index (χ0n) is 32.3. The van der Waals surface area contributed by atoms with E-state index in [0.29, 0.717) is 0 Å². The molecule has 9 aromatic rings. The number of fused-ring (bicyclic) bond motifs is 8. The van der Waals surface area contributed by atoms with Gasteiger partial charge in [-0.15, -0.1) is 0 Å². The van der Waals surface area contributed by atoms with E-state index in [4.69, 9.17) is 4.42 Å². The molecule has 2 aliphatic heterocycles. The van der Waals surface area contributed by atoms with Gasteiger partial charge in [0, 0.05) is 45.0 Å². The van der Waals surface area contributed by atoms with Gasteiger partial charge in [0.1, 0.15) is 11.2 Å². The maximum absolute atomic E-state index is 6.46. The Kier molecular flexibility index (Phi) is 7.67. The maximum Gasteiger partial charge on any atom is 0.136 e. The molecule has 0 amide bonds. The first-order chi connectivity index (χ1) is 29.2.